The predicted molar refractivity (Wildman–Crippen MR) is 109 cm³/mol. The van der Waals surface area contributed by atoms with Crippen LogP contribution in [-0.2, 0) is 18.6 Å². The summed E-state index contributed by atoms with van der Waals surface area (Å²) in [7, 11) is 0. The van der Waals surface area contributed by atoms with Gasteiger partial charge in [0, 0.05) is 4.88 Å². The molecule has 0 saturated heterocycles. The lowest BCUT2D eigenvalue weighted by molar-refractivity contribution is 0.700. The minimum absolute atomic E-state index is 0.599. The second-order valence-electron chi connectivity index (χ2n) is 6.51. The number of nitrogen functional groups attached to an aromatic ring is 1. The number of thiophene rings is 1. The van der Waals surface area contributed by atoms with Crippen LogP contribution >= 0.6 is 23.1 Å². The number of nitrogens with zero attached hydrogens (tertiary/aromatic N) is 5. The van der Waals surface area contributed by atoms with Gasteiger partial charge in [-0.05, 0) is 43.4 Å². The number of thioether (sulfide) groups is 1. The fourth-order valence-electron chi connectivity index (χ4n) is 3.44. The van der Waals surface area contributed by atoms with E-state index in [1.54, 1.807) is 22.3 Å². The van der Waals surface area contributed by atoms with Crippen LogP contribution < -0.4 is 5.73 Å². The standard InChI is InChI=1S/C19H18N6S2/c20-17-16-13-8-4-5-9-14(13)27-18(16)23-15(22-17)10-26-19-21-11-25(24-19)12-6-2-1-3-7-12/h1-3,6-7,11H,4-5,8-10H2,(H2,20,22,23). The molecule has 1 aromatic carbocycles. The molecule has 8 heteroatoms. The maximum absolute atomic E-state index is 6.29. The second kappa shape index (κ2) is 6.94. The fourth-order valence-corrected chi connectivity index (χ4v) is 5.39. The lowest BCUT2D eigenvalue weighted by Crippen LogP contribution is -2.02. The van der Waals surface area contributed by atoms with Crippen LogP contribution in [0, 0.1) is 0 Å². The molecule has 0 spiro atoms. The highest BCUT2D eigenvalue weighted by molar-refractivity contribution is 7.98. The first kappa shape index (κ1) is 16.7. The van der Waals surface area contributed by atoms with E-state index in [4.69, 9.17) is 10.7 Å². The Morgan fingerprint density at radius 2 is 1.96 bits per heavy atom. The van der Waals surface area contributed by atoms with Gasteiger partial charge in [0.05, 0.1) is 16.8 Å². The summed E-state index contributed by atoms with van der Waals surface area (Å²) in [5.41, 5.74) is 8.65. The summed E-state index contributed by atoms with van der Waals surface area (Å²) in [5, 5.41) is 6.30. The van der Waals surface area contributed by atoms with Crippen LogP contribution in [0.5, 0.6) is 0 Å². The van der Waals surface area contributed by atoms with Gasteiger partial charge in [-0.15, -0.1) is 16.4 Å². The predicted octanol–water partition coefficient (Wildman–Crippen LogP) is 4.03. The van der Waals surface area contributed by atoms with E-state index in [0.29, 0.717) is 16.7 Å². The average Bonchev–Trinajstić information content (AvgIpc) is 3.31. The number of hydrogen-bond donors (Lipinski definition) is 1. The molecule has 0 saturated carbocycles. The Labute approximate surface area is 164 Å². The fraction of sp³-hybridized carbons (Fsp3) is 0.263. The van der Waals surface area contributed by atoms with Crippen molar-refractivity contribution >= 4 is 39.1 Å². The minimum atomic E-state index is 0.599. The van der Waals surface area contributed by atoms with E-state index in [-0.39, 0.29) is 0 Å². The third kappa shape index (κ3) is 3.19. The Balaban J connectivity index is 1.37. The smallest absolute Gasteiger partial charge is 0.209 e. The number of aromatic nitrogens is 5. The van der Waals surface area contributed by atoms with Crippen LogP contribution in [0.1, 0.15) is 29.1 Å². The molecule has 5 rings (SSSR count). The molecule has 136 valence electrons. The number of aryl methyl sites for hydroxylation is 2. The van der Waals surface area contributed by atoms with Crippen LogP contribution in [0.15, 0.2) is 41.8 Å². The van der Waals surface area contributed by atoms with Crippen LogP contribution in [-0.4, -0.2) is 24.7 Å². The summed E-state index contributed by atoms with van der Waals surface area (Å²) < 4.78 is 1.77. The van der Waals surface area contributed by atoms with E-state index >= 15 is 0 Å². The summed E-state index contributed by atoms with van der Waals surface area (Å²) >= 11 is 3.30. The molecule has 0 aliphatic heterocycles. The SMILES string of the molecule is Nc1nc(CSc2ncn(-c3ccccc3)n2)nc2sc3c(c12)CCCC3. The lowest BCUT2D eigenvalue weighted by atomic mass is 9.97. The summed E-state index contributed by atoms with van der Waals surface area (Å²) in [5.74, 6) is 1.94. The zero-order valence-electron chi connectivity index (χ0n) is 14.6. The number of para-hydroxylation sites is 1. The highest BCUT2D eigenvalue weighted by atomic mass is 32.2. The molecule has 6 nitrogen and oxygen atoms in total. The number of fused-ring (bicyclic) bond motifs is 3. The van der Waals surface area contributed by atoms with Gasteiger partial charge in [-0.25, -0.2) is 19.6 Å². The van der Waals surface area contributed by atoms with Crippen molar-refractivity contribution in [1.82, 2.24) is 24.7 Å². The number of hydrogen-bond acceptors (Lipinski definition) is 7. The number of benzene rings is 1. The molecular formula is C19H18N6S2. The van der Waals surface area contributed by atoms with Crippen LogP contribution in [0.2, 0.25) is 0 Å². The highest BCUT2D eigenvalue weighted by Gasteiger charge is 2.20. The Morgan fingerprint density at radius 1 is 1.11 bits per heavy atom. The summed E-state index contributed by atoms with van der Waals surface area (Å²) in [6.07, 6.45) is 6.44. The zero-order valence-corrected chi connectivity index (χ0v) is 16.3. The Bertz CT molecular complexity index is 1100. The highest BCUT2D eigenvalue weighted by Crippen LogP contribution is 2.38. The van der Waals surface area contributed by atoms with Gasteiger partial charge in [0.1, 0.15) is 22.8 Å². The monoisotopic (exact) mass is 394 g/mol. The molecular weight excluding hydrogens is 376 g/mol. The van der Waals surface area contributed by atoms with Crippen LogP contribution in [0.3, 0.4) is 0 Å². The van der Waals surface area contributed by atoms with Crippen molar-refractivity contribution < 1.29 is 0 Å². The van der Waals surface area contributed by atoms with Crippen LogP contribution in [0.4, 0.5) is 5.82 Å². The van der Waals surface area contributed by atoms with E-state index < -0.39 is 0 Å². The van der Waals surface area contributed by atoms with Gasteiger partial charge in [0.15, 0.2) is 0 Å². The van der Waals surface area contributed by atoms with Crippen molar-refractivity contribution in [2.45, 2.75) is 36.6 Å². The maximum atomic E-state index is 6.29. The molecule has 0 unspecified atom stereocenters. The van der Waals surface area contributed by atoms with Crippen molar-refractivity contribution in [3.05, 3.63) is 52.9 Å². The Morgan fingerprint density at radius 3 is 2.85 bits per heavy atom. The van der Waals surface area contributed by atoms with Crippen molar-refractivity contribution in [2.75, 3.05) is 5.73 Å². The molecule has 3 aromatic heterocycles. The van der Waals surface area contributed by atoms with E-state index in [9.17, 15) is 0 Å². The van der Waals surface area contributed by atoms with Gasteiger partial charge in [-0.3, -0.25) is 0 Å². The third-order valence-corrected chi connectivity index (χ3v) is 6.74. The number of rotatable bonds is 4. The van der Waals surface area contributed by atoms with Gasteiger partial charge >= 0.3 is 0 Å². The van der Waals surface area contributed by atoms with Crippen molar-refractivity contribution in [3.63, 3.8) is 0 Å². The topological polar surface area (TPSA) is 82.5 Å². The van der Waals surface area contributed by atoms with Gasteiger partial charge in [0.25, 0.3) is 0 Å². The Kier molecular flexibility index (Phi) is 4.29. The third-order valence-electron chi connectivity index (χ3n) is 4.71. The molecule has 1 aliphatic rings. The largest absolute Gasteiger partial charge is 0.383 e. The van der Waals surface area contributed by atoms with E-state index in [1.807, 2.05) is 30.3 Å². The molecule has 0 fully saturated rings. The van der Waals surface area contributed by atoms with Crippen molar-refractivity contribution in [2.24, 2.45) is 0 Å². The van der Waals surface area contributed by atoms with Crippen LogP contribution in [0.25, 0.3) is 15.9 Å². The molecule has 0 radical (unpaired) electrons. The van der Waals surface area contributed by atoms with Gasteiger partial charge in [-0.2, -0.15) is 0 Å². The van der Waals surface area contributed by atoms with Gasteiger partial charge < -0.3 is 5.73 Å². The molecule has 2 N–H and O–H groups in total. The average molecular weight is 395 g/mol. The lowest BCUT2D eigenvalue weighted by Gasteiger charge is -2.10. The summed E-state index contributed by atoms with van der Waals surface area (Å²) in [6, 6.07) is 9.95. The normalized spacial score (nSPS) is 13.8. The number of nitrogens with two attached hydrogens (primary N) is 1. The minimum Gasteiger partial charge on any atom is -0.383 e. The van der Waals surface area contributed by atoms with Crippen molar-refractivity contribution in [3.8, 4) is 5.69 Å². The van der Waals surface area contributed by atoms with E-state index in [1.165, 1.54) is 35.0 Å². The maximum Gasteiger partial charge on any atom is 0.209 e. The Hall–Kier alpha value is -2.45. The van der Waals surface area contributed by atoms with E-state index in [0.717, 1.165) is 34.6 Å². The first-order valence-electron chi connectivity index (χ1n) is 8.94. The molecule has 0 atom stereocenters. The first-order chi connectivity index (χ1) is 13.3. The molecule has 4 aromatic rings. The molecule has 3 heterocycles. The van der Waals surface area contributed by atoms with E-state index in [2.05, 4.69) is 15.1 Å². The molecule has 1 aliphatic carbocycles. The van der Waals surface area contributed by atoms with Crippen molar-refractivity contribution in [1.29, 1.82) is 0 Å². The zero-order chi connectivity index (χ0) is 18.2. The quantitative estimate of drug-likeness (QED) is 0.526. The molecule has 0 amide bonds. The summed E-state index contributed by atoms with van der Waals surface area (Å²) in [4.78, 5) is 16.1. The van der Waals surface area contributed by atoms with Gasteiger partial charge in [0.2, 0.25) is 5.16 Å². The second-order valence-corrected chi connectivity index (χ2v) is 8.54. The molecule has 27 heavy (non-hydrogen) atoms. The summed E-state index contributed by atoms with van der Waals surface area (Å²) in [6.45, 7) is 0. The number of anilines is 1. The first-order valence-corrected chi connectivity index (χ1v) is 10.7. The van der Waals surface area contributed by atoms with Gasteiger partial charge in [-0.1, -0.05) is 30.0 Å². The molecule has 0 bridgehead atoms.